The number of benzene rings is 1. The molecule has 0 aliphatic carbocycles. The summed E-state index contributed by atoms with van der Waals surface area (Å²) in [4.78, 5) is 6.63. The van der Waals surface area contributed by atoms with Crippen molar-refractivity contribution in [1.82, 2.24) is 10.2 Å². The predicted octanol–water partition coefficient (Wildman–Crippen LogP) is 3.29. The van der Waals surface area contributed by atoms with Crippen LogP contribution in [0, 0.1) is 5.92 Å². The highest BCUT2D eigenvalue weighted by Crippen LogP contribution is 2.30. The van der Waals surface area contributed by atoms with Gasteiger partial charge in [-0.3, -0.25) is 4.99 Å². The topological polar surface area (TPSA) is 55.3 Å². The van der Waals surface area contributed by atoms with E-state index in [1.54, 1.807) is 0 Å². The van der Waals surface area contributed by atoms with Crippen LogP contribution >= 0.6 is 24.0 Å². The molecule has 1 saturated heterocycles. The van der Waals surface area contributed by atoms with Crippen LogP contribution in [0.3, 0.4) is 0 Å². The number of halogens is 1. The highest BCUT2D eigenvalue weighted by molar-refractivity contribution is 14.0. The van der Waals surface area contributed by atoms with Crippen molar-refractivity contribution in [2.24, 2.45) is 10.9 Å². The van der Waals surface area contributed by atoms with Gasteiger partial charge in [0.2, 0.25) is 0 Å². The first kappa shape index (κ1) is 22.1. The second-order valence-electron chi connectivity index (χ2n) is 7.00. The maximum absolute atomic E-state index is 5.77. The molecule has 152 valence electrons. The first-order chi connectivity index (χ1) is 12.8. The van der Waals surface area contributed by atoms with Crippen molar-refractivity contribution < 1.29 is 14.2 Å². The summed E-state index contributed by atoms with van der Waals surface area (Å²) in [6.07, 6.45) is 4.46. The number of fused-ring (bicyclic) bond motifs is 1. The van der Waals surface area contributed by atoms with E-state index in [0.717, 1.165) is 61.7 Å². The van der Waals surface area contributed by atoms with E-state index in [1.165, 1.54) is 19.3 Å². The Morgan fingerprint density at radius 3 is 2.63 bits per heavy atom. The Labute approximate surface area is 179 Å². The van der Waals surface area contributed by atoms with Crippen LogP contribution in [-0.4, -0.2) is 57.9 Å². The summed E-state index contributed by atoms with van der Waals surface area (Å²) in [6.45, 7) is 4.96. The zero-order valence-corrected chi connectivity index (χ0v) is 18.7. The lowest BCUT2D eigenvalue weighted by atomic mass is 9.96. The van der Waals surface area contributed by atoms with E-state index in [-0.39, 0.29) is 24.0 Å². The molecule has 0 spiro atoms. The third-order valence-corrected chi connectivity index (χ3v) is 5.05. The van der Waals surface area contributed by atoms with Crippen LogP contribution in [-0.2, 0) is 11.3 Å². The standard InChI is InChI=1S/C20H31N3O3.HI/c1-21-20(23(2)9-6-16-7-12-24-13-8-16)22-15-17-4-5-18-19(14-17)26-11-3-10-25-18;/h4-5,14,16H,3,6-13,15H2,1-2H3,(H,21,22);1H. The molecule has 0 saturated carbocycles. The maximum atomic E-state index is 5.77. The predicted molar refractivity (Wildman–Crippen MR) is 118 cm³/mol. The molecule has 1 N–H and O–H groups in total. The Kier molecular flexibility index (Phi) is 9.47. The van der Waals surface area contributed by atoms with Crippen LogP contribution < -0.4 is 14.8 Å². The van der Waals surface area contributed by atoms with Gasteiger partial charge in [0.1, 0.15) is 0 Å². The second-order valence-corrected chi connectivity index (χ2v) is 7.00. The fourth-order valence-electron chi connectivity index (χ4n) is 3.40. The Bertz CT molecular complexity index is 606. The fraction of sp³-hybridized carbons (Fsp3) is 0.650. The smallest absolute Gasteiger partial charge is 0.193 e. The summed E-state index contributed by atoms with van der Waals surface area (Å²) >= 11 is 0. The van der Waals surface area contributed by atoms with E-state index >= 15 is 0 Å². The number of hydrogen-bond donors (Lipinski definition) is 1. The summed E-state index contributed by atoms with van der Waals surface area (Å²) in [5.41, 5.74) is 1.16. The van der Waals surface area contributed by atoms with Crippen LogP contribution in [0.4, 0.5) is 0 Å². The Morgan fingerprint density at radius 2 is 1.89 bits per heavy atom. The lowest BCUT2D eigenvalue weighted by Gasteiger charge is -2.27. The van der Waals surface area contributed by atoms with E-state index in [4.69, 9.17) is 14.2 Å². The molecule has 0 radical (unpaired) electrons. The lowest BCUT2D eigenvalue weighted by Crippen LogP contribution is -2.39. The molecule has 2 aliphatic rings. The molecule has 0 aromatic heterocycles. The number of ether oxygens (including phenoxy) is 3. The van der Waals surface area contributed by atoms with Gasteiger partial charge in [0.05, 0.1) is 13.2 Å². The normalized spacial score (nSPS) is 17.6. The molecule has 3 rings (SSSR count). The molecule has 2 aliphatic heterocycles. The molecule has 0 bridgehead atoms. The fourth-order valence-corrected chi connectivity index (χ4v) is 3.40. The van der Waals surface area contributed by atoms with Crippen LogP contribution in [0.1, 0.15) is 31.2 Å². The van der Waals surface area contributed by atoms with Crippen molar-refractivity contribution in [2.75, 3.05) is 47.1 Å². The first-order valence-corrected chi connectivity index (χ1v) is 9.64. The van der Waals surface area contributed by atoms with E-state index < -0.39 is 0 Å². The SMILES string of the molecule is CN=C(NCc1ccc2c(c1)OCCCO2)N(C)CCC1CCOCC1.I. The van der Waals surface area contributed by atoms with Gasteiger partial charge < -0.3 is 24.4 Å². The minimum absolute atomic E-state index is 0. The van der Waals surface area contributed by atoms with Crippen LogP contribution in [0.2, 0.25) is 0 Å². The van der Waals surface area contributed by atoms with Crippen molar-refractivity contribution in [2.45, 2.75) is 32.2 Å². The number of nitrogens with zero attached hydrogens (tertiary/aromatic N) is 2. The van der Waals surface area contributed by atoms with E-state index in [2.05, 4.69) is 34.4 Å². The van der Waals surface area contributed by atoms with Gasteiger partial charge in [0.25, 0.3) is 0 Å². The molecule has 1 fully saturated rings. The second kappa shape index (κ2) is 11.6. The molecule has 27 heavy (non-hydrogen) atoms. The van der Waals surface area contributed by atoms with Crippen molar-refractivity contribution in [1.29, 1.82) is 0 Å². The lowest BCUT2D eigenvalue weighted by molar-refractivity contribution is 0.0625. The van der Waals surface area contributed by atoms with Crippen molar-refractivity contribution >= 4 is 29.9 Å². The number of rotatable bonds is 5. The minimum Gasteiger partial charge on any atom is -0.490 e. The third kappa shape index (κ3) is 6.71. The quantitative estimate of drug-likeness (QED) is 0.391. The number of hydrogen-bond acceptors (Lipinski definition) is 4. The molecule has 1 aromatic carbocycles. The highest BCUT2D eigenvalue weighted by atomic mass is 127. The summed E-state index contributed by atoms with van der Waals surface area (Å²) < 4.78 is 16.9. The molecular weight excluding hydrogens is 457 g/mol. The van der Waals surface area contributed by atoms with E-state index in [0.29, 0.717) is 13.2 Å². The van der Waals surface area contributed by atoms with E-state index in [9.17, 15) is 0 Å². The zero-order chi connectivity index (χ0) is 18.2. The molecule has 0 unspecified atom stereocenters. The van der Waals surface area contributed by atoms with Gasteiger partial charge in [-0.15, -0.1) is 24.0 Å². The molecule has 6 nitrogen and oxygen atoms in total. The van der Waals surface area contributed by atoms with Crippen LogP contribution in [0.15, 0.2) is 23.2 Å². The Morgan fingerprint density at radius 1 is 1.15 bits per heavy atom. The molecule has 2 heterocycles. The monoisotopic (exact) mass is 489 g/mol. The summed E-state index contributed by atoms with van der Waals surface area (Å²) in [7, 11) is 3.93. The van der Waals surface area contributed by atoms with Crippen LogP contribution in [0.25, 0.3) is 0 Å². The van der Waals surface area contributed by atoms with Crippen molar-refractivity contribution in [3.8, 4) is 11.5 Å². The zero-order valence-electron chi connectivity index (χ0n) is 16.4. The van der Waals surface area contributed by atoms with Gasteiger partial charge in [-0.1, -0.05) is 6.07 Å². The van der Waals surface area contributed by atoms with Gasteiger partial charge in [-0.05, 0) is 42.9 Å². The summed E-state index contributed by atoms with van der Waals surface area (Å²) in [5.74, 6) is 3.36. The van der Waals surface area contributed by atoms with Gasteiger partial charge >= 0.3 is 0 Å². The van der Waals surface area contributed by atoms with Gasteiger partial charge in [0.15, 0.2) is 17.5 Å². The summed E-state index contributed by atoms with van der Waals surface area (Å²) in [5, 5.41) is 3.45. The van der Waals surface area contributed by atoms with Gasteiger partial charge in [-0.25, -0.2) is 0 Å². The van der Waals surface area contributed by atoms with Gasteiger partial charge in [-0.2, -0.15) is 0 Å². The number of aliphatic imine (C=N–C) groups is 1. The van der Waals surface area contributed by atoms with Crippen molar-refractivity contribution in [3.63, 3.8) is 0 Å². The summed E-state index contributed by atoms with van der Waals surface area (Å²) in [6, 6.07) is 6.13. The highest BCUT2D eigenvalue weighted by Gasteiger charge is 2.16. The average Bonchev–Trinajstić information content (AvgIpc) is 2.92. The van der Waals surface area contributed by atoms with Crippen LogP contribution in [0.5, 0.6) is 11.5 Å². The third-order valence-electron chi connectivity index (χ3n) is 5.05. The molecule has 7 heteroatoms. The van der Waals surface area contributed by atoms with Gasteiger partial charge in [0, 0.05) is 46.8 Å². The van der Waals surface area contributed by atoms with E-state index in [1.807, 2.05) is 13.1 Å². The molecule has 0 amide bonds. The Hall–Kier alpha value is -1.22. The molecule has 1 aromatic rings. The Balaban J connectivity index is 0.00000261. The minimum atomic E-state index is 0. The number of nitrogens with one attached hydrogen (secondary N) is 1. The number of guanidine groups is 1. The molecule has 0 atom stereocenters. The first-order valence-electron chi connectivity index (χ1n) is 9.64. The van der Waals surface area contributed by atoms with Crippen molar-refractivity contribution in [3.05, 3.63) is 23.8 Å². The maximum Gasteiger partial charge on any atom is 0.193 e. The largest absolute Gasteiger partial charge is 0.490 e. The average molecular weight is 489 g/mol. The molecular formula is C20H32IN3O3.